The van der Waals surface area contributed by atoms with Gasteiger partial charge in [-0.1, -0.05) is 42.5 Å². The lowest BCUT2D eigenvalue weighted by molar-refractivity contribution is -0.364. The molecule has 0 amide bonds. The van der Waals surface area contributed by atoms with Gasteiger partial charge in [0.25, 0.3) is 0 Å². The van der Waals surface area contributed by atoms with Gasteiger partial charge in [-0.15, -0.1) is 0 Å². The van der Waals surface area contributed by atoms with Crippen molar-refractivity contribution in [2.45, 2.75) is 33.0 Å². The molecule has 0 aliphatic heterocycles. The molecule has 2 aromatic carbocycles. The summed E-state index contributed by atoms with van der Waals surface area (Å²) >= 11 is 0. The standard InChI is InChI=1S/C19H20O6/c1-13(20)24-19(3,22)25-14(2)23-17-12-8-7-11-16(17)18(21)15-9-5-4-6-10-15/h4-12,14,22H,1-3H3. The first-order valence-electron chi connectivity index (χ1n) is 7.74. The maximum Gasteiger partial charge on any atom is 0.326 e. The van der Waals surface area contributed by atoms with Gasteiger partial charge < -0.3 is 14.6 Å². The fourth-order valence-electron chi connectivity index (χ4n) is 2.30. The van der Waals surface area contributed by atoms with E-state index >= 15 is 0 Å². The number of carbonyl (C=O) groups excluding carboxylic acids is 2. The molecule has 132 valence electrons. The van der Waals surface area contributed by atoms with E-state index in [0.717, 1.165) is 6.92 Å². The highest BCUT2D eigenvalue weighted by Crippen LogP contribution is 2.24. The van der Waals surface area contributed by atoms with Crippen molar-refractivity contribution in [1.82, 2.24) is 0 Å². The van der Waals surface area contributed by atoms with Gasteiger partial charge in [-0.2, -0.15) is 0 Å². The molecule has 0 aliphatic carbocycles. The number of hydrogen-bond donors (Lipinski definition) is 1. The molecule has 0 radical (unpaired) electrons. The number of ether oxygens (including phenoxy) is 3. The van der Waals surface area contributed by atoms with Crippen molar-refractivity contribution in [3.8, 4) is 5.75 Å². The Morgan fingerprint density at radius 2 is 1.64 bits per heavy atom. The second kappa shape index (κ2) is 7.92. The van der Waals surface area contributed by atoms with Crippen LogP contribution >= 0.6 is 0 Å². The van der Waals surface area contributed by atoms with Crippen molar-refractivity contribution in [2.24, 2.45) is 0 Å². The second-order valence-corrected chi connectivity index (χ2v) is 5.49. The Balaban J connectivity index is 2.15. The molecule has 0 saturated heterocycles. The first kappa shape index (κ1) is 18.6. The summed E-state index contributed by atoms with van der Waals surface area (Å²) in [5.41, 5.74) is 0.885. The fraction of sp³-hybridized carbons (Fsp3) is 0.263. The molecule has 2 atom stereocenters. The predicted octanol–water partition coefficient (Wildman–Crippen LogP) is 2.89. The monoisotopic (exact) mass is 344 g/mol. The third-order valence-corrected chi connectivity index (χ3v) is 3.18. The van der Waals surface area contributed by atoms with Crippen LogP contribution in [0.15, 0.2) is 54.6 Å². The smallest absolute Gasteiger partial charge is 0.326 e. The molecule has 1 N–H and O–H groups in total. The lowest BCUT2D eigenvalue weighted by Crippen LogP contribution is -2.38. The highest BCUT2D eigenvalue weighted by molar-refractivity contribution is 6.10. The van der Waals surface area contributed by atoms with Crippen molar-refractivity contribution < 1.29 is 28.9 Å². The number of aliphatic hydroxyl groups is 1. The quantitative estimate of drug-likeness (QED) is 0.472. The number of rotatable bonds is 7. The minimum absolute atomic E-state index is 0.199. The molecule has 6 heteroatoms. The van der Waals surface area contributed by atoms with Gasteiger partial charge in [0.1, 0.15) is 5.75 Å². The highest BCUT2D eigenvalue weighted by atomic mass is 16.9. The summed E-state index contributed by atoms with van der Waals surface area (Å²) in [6.45, 7) is 3.84. The van der Waals surface area contributed by atoms with Crippen molar-refractivity contribution in [2.75, 3.05) is 0 Å². The summed E-state index contributed by atoms with van der Waals surface area (Å²) in [5, 5.41) is 9.88. The zero-order valence-corrected chi connectivity index (χ0v) is 14.3. The van der Waals surface area contributed by atoms with Gasteiger partial charge in [0.05, 0.1) is 5.56 Å². The van der Waals surface area contributed by atoms with Crippen LogP contribution in [0.3, 0.4) is 0 Å². The number of hydrogen-bond acceptors (Lipinski definition) is 6. The summed E-state index contributed by atoms with van der Waals surface area (Å²) in [7, 11) is 0. The van der Waals surface area contributed by atoms with Gasteiger partial charge >= 0.3 is 11.9 Å². The maximum atomic E-state index is 12.6. The zero-order chi connectivity index (χ0) is 18.4. The molecule has 2 unspecified atom stereocenters. The summed E-state index contributed by atoms with van der Waals surface area (Å²) in [4.78, 5) is 23.6. The minimum atomic E-state index is -2.14. The third kappa shape index (κ3) is 5.41. The fourth-order valence-corrected chi connectivity index (χ4v) is 2.30. The number of benzene rings is 2. The molecule has 0 aliphatic rings. The Kier molecular flexibility index (Phi) is 5.90. The van der Waals surface area contributed by atoms with Gasteiger partial charge in [-0.25, -0.2) is 0 Å². The second-order valence-electron chi connectivity index (χ2n) is 5.49. The topological polar surface area (TPSA) is 82.1 Å². The van der Waals surface area contributed by atoms with E-state index in [1.807, 2.05) is 6.07 Å². The van der Waals surface area contributed by atoms with Crippen LogP contribution in [-0.2, 0) is 14.3 Å². The molecule has 0 fully saturated rings. The van der Waals surface area contributed by atoms with Gasteiger partial charge in [-0.3, -0.25) is 14.3 Å². The summed E-state index contributed by atoms with van der Waals surface area (Å²) in [6.07, 6.45) is -0.973. The van der Waals surface area contributed by atoms with E-state index in [2.05, 4.69) is 4.74 Å². The molecule has 2 rings (SSSR count). The first-order chi connectivity index (χ1) is 11.8. The minimum Gasteiger partial charge on any atom is -0.464 e. The highest BCUT2D eigenvalue weighted by Gasteiger charge is 2.29. The Bertz CT molecular complexity index is 739. The largest absolute Gasteiger partial charge is 0.464 e. The Labute approximate surface area is 146 Å². The summed E-state index contributed by atoms with van der Waals surface area (Å²) < 4.78 is 15.4. The number of carbonyl (C=O) groups is 2. The maximum absolute atomic E-state index is 12.6. The summed E-state index contributed by atoms with van der Waals surface area (Å²) in [5.74, 6) is -2.74. The van der Waals surface area contributed by atoms with Crippen LogP contribution in [0.2, 0.25) is 0 Å². The molecule has 0 heterocycles. The normalized spacial score (nSPS) is 14.2. The van der Waals surface area contributed by atoms with Gasteiger partial charge in [-0.05, 0) is 19.1 Å². The first-order valence-corrected chi connectivity index (χ1v) is 7.74. The molecule has 0 bridgehead atoms. The van der Waals surface area contributed by atoms with Crippen LogP contribution in [0.4, 0.5) is 0 Å². The number of ketones is 1. The van der Waals surface area contributed by atoms with E-state index in [-0.39, 0.29) is 5.78 Å². The van der Waals surface area contributed by atoms with Crippen LogP contribution in [0, 0.1) is 0 Å². The van der Waals surface area contributed by atoms with Gasteiger partial charge in [0.2, 0.25) is 6.29 Å². The zero-order valence-electron chi connectivity index (χ0n) is 14.3. The molecule has 0 saturated carbocycles. The summed E-state index contributed by atoms with van der Waals surface area (Å²) in [6, 6.07) is 15.5. The molecular weight excluding hydrogens is 324 g/mol. The molecule has 0 spiro atoms. The van der Waals surface area contributed by atoms with E-state index in [4.69, 9.17) is 9.47 Å². The Morgan fingerprint density at radius 1 is 1.04 bits per heavy atom. The lowest BCUT2D eigenvalue weighted by Gasteiger charge is -2.27. The number of para-hydroxylation sites is 1. The third-order valence-electron chi connectivity index (χ3n) is 3.18. The molecule has 0 aromatic heterocycles. The SMILES string of the molecule is CC(=O)OC(C)(O)OC(C)Oc1ccccc1C(=O)c1ccccc1. The van der Waals surface area contributed by atoms with Crippen LogP contribution < -0.4 is 4.74 Å². The average Bonchev–Trinajstić information content (AvgIpc) is 2.53. The van der Waals surface area contributed by atoms with E-state index < -0.39 is 18.2 Å². The van der Waals surface area contributed by atoms with Crippen molar-refractivity contribution in [1.29, 1.82) is 0 Å². The Hall–Kier alpha value is -2.70. The van der Waals surface area contributed by atoms with Crippen LogP contribution in [0.1, 0.15) is 36.7 Å². The van der Waals surface area contributed by atoms with Crippen LogP contribution in [0.5, 0.6) is 5.75 Å². The predicted molar refractivity (Wildman–Crippen MR) is 89.9 cm³/mol. The van der Waals surface area contributed by atoms with E-state index in [1.165, 1.54) is 13.8 Å². The van der Waals surface area contributed by atoms with E-state index in [1.54, 1.807) is 48.5 Å². The van der Waals surface area contributed by atoms with Gasteiger partial charge in [0.15, 0.2) is 5.78 Å². The van der Waals surface area contributed by atoms with Crippen molar-refractivity contribution in [3.05, 3.63) is 65.7 Å². The Morgan fingerprint density at radius 3 is 2.28 bits per heavy atom. The molecular formula is C19H20O6. The van der Waals surface area contributed by atoms with Crippen molar-refractivity contribution in [3.63, 3.8) is 0 Å². The van der Waals surface area contributed by atoms with Crippen molar-refractivity contribution >= 4 is 11.8 Å². The van der Waals surface area contributed by atoms with E-state index in [9.17, 15) is 14.7 Å². The molecule has 25 heavy (non-hydrogen) atoms. The molecule has 6 nitrogen and oxygen atoms in total. The molecule has 2 aromatic rings. The van der Waals surface area contributed by atoms with Crippen LogP contribution in [-0.4, -0.2) is 29.1 Å². The lowest BCUT2D eigenvalue weighted by atomic mass is 10.0. The van der Waals surface area contributed by atoms with E-state index in [0.29, 0.717) is 16.9 Å². The number of esters is 1. The van der Waals surface area contributed by atoms with Gasteiger partial charge in [0, 0.05) is 19.4 Å². The van der Waals surface area contributed by atoms with Crippen LogP contribution in [0.25, 0.3) is 0 Å². The average molecular weight is 344 g/mol.